The Hall–Kier alpha value is -7.88. The number of fused-ring (bicyclic) bond motifs is 2. The number of carbonyl (C=O) groups excluding carboxylic acids is 2. The molecule has 0 saturated heterocycles. The van der Waals surface area contributed by atoms with Crippen LogP contribution in [0.5, 0.6) is 11.8 Å². The number of hydrogen-bond donors (Lipinski definition) is 0. The SMILES string of the molecule is COc1ncnc(C2CC2)c1-c1ncc2c(n1)N(Cc1ccc(-c3nc(C(F)(F)F)cn3C(C)C)c(F)c1)C(=O)C2.COc1ncnc(C2CC2)c1-c1ncc2c(n1)N(Cc1ccc(-c3nc(C(F)(F)F)cn3C(C)C)c(F)c1)C(=O)C2(Br)Br. The van der Waals surface area contributed by atoms with E-state index < -0.39 is 50.6 Å². The monoisotopic (exact) mass is 1290 g/mol. The topological polar surface area (TPSA) is 198 Å². The smallest absolute Gasteiger partial charge is 0.434 e. The Morgan fingerprint density at radius 2 is 1.07 bits per heavy atom. The van der Waals surface area contributed by atoms with Crippen LogP contribution in [0.25, 0.3) is 45.6 Å². The van der Waals surface area contributed by atoms with E-state index in [1.165, 1.54) is 76.3 Å². The van der Waals surface area contributed by atoms with Crippen molar-refractivity contribution in [3.8, 4) is 57.3 Å². The summed E-state index contributed by atoms with van der Waals surface area (Å²) < 4.78 is 123. The van der Waals surface area contributed by atoms with Crippen LogP contribution < -0.4 is 19.3 Å². The first-order valence-corrected chi connectivity index (χ1v) is 27.9. The Kier molecular flexibility index (Phi) is 15.1. The van der Waals surface area contributed by atoms with Crippen LogP contribution in [0.4, 0.5) is 46.8 Å². The molecule has 0 unspecified atom stereocenters. The number of benzene rings is 2. The second kappa shape index (κ2) is 21.9. The molecular weight excluding hydrogens is 1240 g/mol. The zero-order chi connectivity index (χ0) is 59.9. The van der Waals surface area contributed by atoms with Crippen molar-refractivity contribution in [2.24, 2.45) is 0 Å². The number of aromatic nitrogens is 12. The van der Waals surface area contributed by atoms with Gasteiger partial charge in [-0.2, -0.15) is 26.3 Å². The third-order valence-electron chi connectivity index (χ3n) is 14.5. The van der Waals surface area contributed by atoms with Gasteiger partial charge in [0.1, 0.15) is 58.7 Å². The molecule has 0 radical (unpaired) electrons. The van der Waals surface area contributed by atoms with E-state index in [0.717, 1.165) is 49.5 Å². The molecule has 2 aliphatic heterocycles. The van der Waals surface area contributed by atoms with E-state index in [2.05, 4.69) is 71.7 Å². The second-order valence-corrected chi connectivity index (χ2v) is 24.4. The lowest BCUT2D eigenvalue weighted by atomic mass is 10.1. The van der Waals surface area contributed by atoms with Crippen LogP contribution in [-0.4, -0.2) is 85.0 Å². The van der Waals surface area contributed by atoms with Gasteiger partial charge < -0.3 is 18.6 Å². The maximum absolute atomic E-state index is 15.5. The van der Waals surface area contributed by atoms with E-state index in [1.807, 2.05) is 0 Å². The molecule has 0 spiro atoms. The Balaban J connectivity index is 0.000000176. The van der Waals surface area contributed by atoms with Gasteiger partial charge in [-0.15, -0.1) is 0 Å². The van der Waals surface area contributed by atoms with Gasteiger partial charge in [0.25, 0.3) is 5.91 Å². The van der Waals surface area contributed by atoms with E-state index in [1.54, 1.807) is 46.0 Å². The summed E-state index contributed by atoms with van der Waals surface area (Å²) in [7, 11) is 2.99. The fourth-order valence-electron chi connectivity index (χ4n) is 9.98. The number of carbonyl (C=O) groups is 2. The normalized spacial score (nSPS) is 15.7. The van der Waals surface area contributed by atoms with Crippen LogP contribution in [0.2, 0.25) is 0 Å². The molecule has 4 aliphatic rings. The molecule has 6 aromatic heterocycles. The molecule has 2 aromatic carbocycles. The third kappa shape index (κ3) is 11.0. The molecule has 18 nitrogen and oxygen atoms in total. The summed E-state index contributed by atoms with van der Waals surface area (Å²) >= 11 is 6.87. The van der Waals surface area contributed by atoms with Gasteiger partial charge >= 0.3 is 12.4 Å². The van der Waals surface area contributed by atoms with Gasteiger partial charge in [0.05, 0.1) is 61.8 Å². The molecule has 2 aliphatic carbocycles. The average Bonchev–Trinajstić information content (AvgIpc) is 2.96. The summed E-state index contributed by atoms with van der Waals surface area (Å²) in [6.07, 6.45) is 2.37. The van der Waals surface area contributed by atoms with Crippen molar-refractivity contribution in [3.05, 3.63) is 131 Å². The highest BCUT2D eigenvalue weighted by molar-refractivity contribution is 9.25. The quantitative estimate of drug-likeness (QED) is 0.0736. The van der Waals surface area contributed by atoms with Crippen molar-refractivity contribution < 1.29 is 54.2 Å². The van der Waals surface area contributed by atoms with E-state index >= 15 is 8.78 Å². The summed E-state index contributed by atoms with van der Waals surface area (Å²) in [5.41, 5.74) is 2.20. The maximum atomic E-state index is 15.5. The summed E-state index contributed by atoms with van der Waals surface area (Å²) in [5.74, 6) is -0.0381. The molecule has 0 bridgehead atoms. The number of amides is 2. The Morgan fingerprint density at radius 3 is 1.50 bits per heavy atom. The predicted molar refractivity (Wildman–Crippen MR) is 295 cm³/mol. The summed E-state index contributed by atoms with van der Waals surface area (Å²) in [6.45, 7) is 6.67. The number of anilines is 2. The fourth-order valence-corrected chi connectivity index (χ4v) is 11.0. The van der Waals surface area contributed by atoms with Crippen molar-refractivity contribution in [1.29, 1.82) is 0 Å². The van der Waals surface area contributed by atoms with Crippen molar-refractivity contribution in [1.82, 2.24) is 59.0 Å². The number of ether oxygens (including phenoxy) is 2. The van der Waals surface area contributed by atoms with E-state index in [4.69, 9.17) is 19.4 Å². The van der Waals surface area contributed by atoms with Crippen molar-refractivity contribution in [3.63, 3.8) is 0 Å². The molecule has 2 saturated carbocycles. The molecule has 2 fully saturated rings. The van der Waals surface area contributed by atoms with Gasteiger partial charge in [-0.25, -0.2) is 58.6 Å². The lowest BCUT2D eigenvalue weighted by Gasteiger charge is -2.19. The number of halogens is 10. The minimum atomic E-state index is -4.68. The van der Waals surface area contributed by atoms with Crippen molar-refractivity contribution in [2.75, 3.05) is 24.0 Å². The average molecular weight is 1290 g/mol. The number of rotatable bonds is 14. The highest BCUT2D eigenvalue weighted by Gasteiger charge is 2.50. The van der Waals surface area contributed by atoms with E-state index in [0.29, 0.717) is 56.8 Å². The lowest BCUT2D eigenvalue weighted by molar-refractivity contribution is -0.141. The molecule has 28 heteroatoms. The molecule has 0 N–H and O–H groups in total. The van der Waals surface area contributed by atoms with Crippen LogP contribution in [-0.2, 0) is 44.7 Å². The van der Waals surface area contributed by atoms with Crippen molar-refractivity contribution >= 4 is 55.3 Å². The van der Waals surface area contributed by atoms with E-state index in [-0.39, 0.29) is 77.7 Å². The number of methoxy groups -OCH3 is 2. The number of nitrogens with zero attached hydrogens (tertiary/aromatic N) is 14. The number of alkyl halides is 8. The first-order valence-electron chi connectivity index (χ1n) is 26.3. The molecule has 8 aromatic rings. The Labute approximate surface area is 490 Å². The first kappa shape index (κ1) is 57.9. The zero-order valence-electron chi connectivity index (χ0n) is 45.4. The molecule has 84 heavy (non-hydrogen) atoms. The molecule has 2 amide bonds. The Bertz CT molecular complexity index is 3920. The van der Waals surface area contributed by atoms with Gasteiger partial charge in [0, 0.05) is 54.3 Å². The van der Waals surface area contributed by atoms with Gasteiger partial charge in [-0.1, -0.05) is 44.0 Å². The van der Waals surface area contributed by atoms with Crippen LogP contribution in [0.15, 0.2) is 73.8 Å². The van der Waals surface area contributed by atoms with Crippen LogP contribution >= 0.6 is 31.9 Å². The summed E-state index contributed by atoms with van der Waals surface area (Å²) in [4.78, 5) is 72.4. The highest BCUT2D eigenvalue weighted by atomic mass is 79.9. The molecule has 12 rings (SSSR count). The summed E-state index contributed by atoms with van der Waals surface area (Å²) in [5, 5.41) is 0. The number of hydrogen-bond acceptors (Lipinski definition) is 14. The maximum Gasteiger partial charge on any atom is 0.434 e. The van der Waals surface area contributed by atoms with Gasteiger partial charge in [0.2, 0.25) is 17.7 Å². The fraction of sp³-hybridized carbons (Fsp3) is 0.357. The van der Waals surface area contributed by atoms with E-state index in [9.17, 15) is 35.9 Å². The minimum absolute atomic E-state index is 0.00379. The van der Waals surface area contributed by atoms with Crippen molar-refractivity contribution in [2.45, 2.75) is 112 Å². The second-order valence-electron chi connectivity index (χ2n) is 21.0. The first-order chi connectivity index (χ1) is 39.9. The van der Waals surface area contributed by atoms with Gasteiger partial charge in [0.15, 0.2) is 26.3 Å². The van der Waals surface area contributed by atoms with Gasteiger partial charge in [-0.3, -0.25) is 19.4 Å². The largest absolute Gasteiger partial charge is 0.480 e. The molecule has 8 heterocycles. The third-order valence-corrected chi connectivity index (χ3v) is 16.0. The summed E-state index contributed by atoms with van der Waals surface area (Å²) in [6, 6.07) is 7.46. The zero-order valence-corrected chi connectivity index (χ0v) is 48.5. The van der Waals surface area contributed by atoms with Crippen LogP contribution in [0.1, 0.15) is 122 Å². The molecule has 436 valence electrons. The van der Waals surface area contributed by atoms with Crippen LogP contribution in [0, 0.1) is 11.6 Å². The van der Waals surface area contributed by atoms with Gasteiger partial charge in [-0.05, 0) is 88.8 Å². The predicted octanol–water partition coefficient (Wildman–Crippen LogP) is 12.4. The highest BCUT2D eigenvalue weighted by Crippen LogP contribution is 2.52. The lowest BCUT2D eigenvalue weighted by Crippen LogP contribution is -2.32. The molecular formula is C56H48Br2F8N14O4. The standard InChI is InChI=1S/C28H23Br2F4N7O2.C28H25F4N7O2/c1-13(2)40-11-19(28(32,33)34)38-23(40)16-7-4-14(8-18(16)31)10-41-24-17(27(29,30)26(41)42)9-35-22(39-24)20-21(15-5-6-15)36-12-37-25(20)43-3;1-14(2)38-12-20(28(30,31)32)36-26(38)18-7-4-15(8-19(18)29)11-39-21(40)9-17-10-33-24(37-25(17)39)22-23(16-5-6-16)34-13-35-27(22)41-3/h4,7-9,11-13,15H,5-6,10H2,1-3H3;4,7-8,10,12-14,16H,5-6,9,11H2,1-3H3. The Morgan fingerprint density at radius 1 is 0.619 bits per heavy atom. The van der Waals surface area contributed by atoms with Crippen LogP contribution in [0.3, 0.4) is 0 Å². The number of imidazole rings is 2. The molecule has 0 atom stereocenters. The minimum Gasteiger partial charge on any atom is -0.480 e.